The normalized spacial score (nSPS) is 15.6. The number of aromatic hydroxyl groups is 2. The van der Waals surface area contributed by atoms with Crippen molar-refractivity contribution in [2.24, 2.45) is 0 Å². The number of carbonyl (C=O) groups excluding carboxylic acids is 3. The molecule has 1 aliphatic rings. The number of benzene rings is 2. The number of nitrogens with one attached hydrogen (secondary N) is 1. The molecule has 3 N–H and O–H groups in total. The van der Waals surface area contributed by atoms with Crippen molar-refractivity contribution in [1.82, 2.24) is 0 Å². The highest BCUT2D eigenvalue weighted by molar-refractivity contribution is 6.29. The van der Waals surface area contributed by atoms with Gasteiger partial charge in [-0.2, -0.15) is 0 Å². The van der Waals surface area contributed by atoms with Gasteiger partial charge < -0.3 is 15.5 Å². The molecule has 0 unspecified atom stereocenters. The number of phenolic OH excluding ortho intramolecular Hbond substituents is 2. The molecule has 26 heavy (non-hydrogen) atoms. The minimum atomic E-state index is -0.449. The zero-order valence-electron chi connectivity index (χ0n) is 13.9. The second-order valence-corrected chi connectivity index (χ2v) is 5.86. The van der Waals surface area contributed by atoms with Crippen LogP contribution in [0.5, 0.6) is 11.5 Å². The van der Waals surface area contributed by atoms with Crippen molar-refractivity contribution < 1.29 is 24.6 Å². The molecule has 2 aromatic carbocycles. The molecule has 0 saturated carbocycles. The molecule has 1 saturated heterocycles. The molecule has 3 rings (SSSR count). The Hall–Kier alpha value is -3.61. The monoisotopic (exact) mass is 352 g/mol. The Kier molecular flexibility index (Phi) is 4.45. The van der Waals surface area contributed by atoms with Crippen LogP contribution in [0, 0.1) is 0 Å². The highest BCUT2D eigenvalue weighted by Gasteiger charge is 2.34. The van der Waals surface area contributed by atoms with Crippen LogP contribution in [0.2, 0.25) is 0 Å². The predicted octanol–water partition coefficient (Wildman–Crippen LogP) is 2.40. The van der Waals surface area contributed by atoms with E-state index in [1.165, 1.54) is 31.2 Å². The fourth-order valence-electron chi connectivity index (χ4n) is 2.68. The minimum Gasteiger partial charge on any atom is -0.504 e. The van der Waals surface area contributed by atoms with Gasteiger partial charge in [0.1, 0.15) is 0 Å². The lowest BCUT2D eigenvalue weighted by Crippen LogP contribution is -2.28. The van der Waals surface area contributed by atoms with E-state index in [2.05, 4.69) is 5.32 Å². The molecule has 0 bridgehead atoms. The summed E-state index contributed by atoms with van der Waals surface area (Å²) in [5.41, 5.74) is 1.76. The maximum absolute atomic E-state index is 12.6. The first-order valence-electron chi connectivity index (χ1n) is 7.82. The van der Waals surface area contributed by atoms with Crippen molar-refractivity contribution in [3.8, 4) is 11.5 Å². The molecule has 7 heteroatoms. The van der Waals surface area contributed by atoms with Gasteiger partial charge in [-0.1, -0.05) is 6.07 Å². The molecule has 3 amide bonds. The van der Waals surface area contributed by atoms with Gasteiger partial charge >= 0.3 is 0 Å². The molecule has 0 aromatic heterocycles. The molecule has 1 fully saturated rings. The Morgan fingerprint density at radius 3 is 2.38 bits per heavy atom. The van der Waals surface area contributed by atoms with Gasteiger partial charge in [0.2, 0.25) is 11.8 Å². The van der Waals surface area contributed by atoms with Crippen molar-refractivity contribution in [3.63, 3.8) is 0 Å². The van der Waals surface area contributed by atoms with Crippen LogP contribution in [-0.2, 0) is 14.4 Å². The van der Waals surface area contributed by atoms with Gasteiger partial charge in [-0.05, 0) is 48.0 Å². The molecule has 0 radical (unpaired) electrons. The molecule has 0 aliphatic carbocycles. The average molecular weight is 352 g/mol. The summed E-state index contributed by atoms with van der Waals surface area (Å²) in [5, 5.41) is 21.5. The molecule has 0 spiro atoms. The van der Waals surface area contributed by atoms with Crippen LogP contribution in [0.1, 0.15) is 18.9 Å². The van der Waals surface area contributed by atoms with E-state index >= 15 is 0 Å². The first-order chi connectivity index (χ1) is 12.3. The van der Waals surface area contributed by atoms with Gasteiger partial charge in [-0.3, -0.25) is 14.4 Å². The van der Waals surface area contributed by atoms with Gasteiger partial charge in [-0.25, -0.2) is 4.90 Å². The van der Waals surface area contributed by atoms with Crippen LogP contribution in [0.25, 0.3) is 6.08 Å². The van der Waals surface area contributed by atoms with Crippen molar-refractivity contribution in [2.75, 3.05) is 10.2 Å². The van der Waals surface area contributed by atoms with Gasteiger partial charge in [0.15, 0.2) is 11.5 Å². The van der Waals surface area contributed by atoms with Crippen LogP contribution in [0.15, 0.2) is 48.0 Å². The van der Waals surface area contributed by atoms with Crippen LogP contribution >= 0.6 is 0 Å². The minimum absolute atomic E-state index is 0.0616. The quantitative estimate of drug-likeness (QED) is 0.447. The average Bonchev–Trinajstić information content (AvgIpc) is 2.85. The summed E-state index contributed by atoms with van der Waals surface area (Å²) in [7, 11) is 0. The fourth-order valence-corrected chi connectivity index (χ4v) is 2.68. The first-order valence-corrected chi connectivity index (χ1v) is 7.82. The zero-order valence-corrected chi connectivity index (χ0v) is 13.9. The third-order valence-corrected chi connectivity index (χ3v) is 3.86. The predicted molar refractivity (Wildman–Crippen MR) is 95.6 cm³/mol. The van der Waals surface area contributed by atoms with E-state index in [-0.39, 0.29) is 35.3 Å². The zero-order chi connectivity index (χ0) is 18.8. The van der Waals surface area contributed by atoms with E-state index in [4.69, 9.17) is 0 Å². The highest BCUT2D eigenvalue weighted by Crippen LogP contribution is 2.30. The number of phenols is 2. The Labute approximate surface area is 149 Å². The summed E-state index contributed by atoms with van der Waals surface area (Å²) in [6.07, 6.45) is 1.44. The van der Waals surface area contributed by atoms with Gasteiger partial charge in [0.25, 0.3) is 5.91 Å². The van der Waals surface area contributed by atoms with Crippen molar-refractivity contribution in [3.05, 3.63) is 53.6 Å². The molecular weight excluding hydrogens is 336 g/mol. The smallest absolute Gasteiger partial charge is 0.261 e. The summed E-state index contributed by atoms with van der Waals surface area (Å²) in [5.74, 6) is -1.59. The summed E-state index contributed by atoms with van der Waals surface area (Å²) >= 11 is 0. The molecule has 7 nitrogen and oxygen atoms in total. The van der Waals surface area contributed by atoms with E-state index in [1.807, 2.05) is 0 Å². The lowest BCUT2D eigenvalue weighted by atomic mass is 10.1. The SMILES string of the molecule is CC(=O)Nc1ccc(N2C(=O)CC(=Cc3ccc(O)c(O)c3)C2=O)cc1. The number of imide groups is 1. The summed E-state index contributed by atoms with van der Waals surface area (Å²) in [6, 6.07) is 10.5. The second-order valence-electron chi connectivity index (χ2n) is 5.86. The van der Waals surface area contributed by atoms with Crippen LogP contribution in [0.4, 0.5) is 11.4 Å². The number of hydrogen-bond donors (Lipinski definition) is 3. The number of hydrogen-bond acceptors (Lipinski definition) is 5. The highest BCUT2D eigenvalue weighted by atomic mass is 16.3. The lowest BCUT2D eigenvalue weighted by molar-refractivity contribution is -0.120. The number of carbonyl (C=O) groups is 3. The first kappa shape index (κ1) is 17.2. The number of amides is 3. The Morgan fingerprint density at radius 2 is 1.77 bits per heavy atom. The maximum atomic E-state index is 12.6. The maximum Gasteiger partial charge on any atom is 0.261 e. The van der Waals surface area contributed by atoms with E-state index in [9.17, 15) is 24.6 Å². The van der Waals surface area contributed by atoms with Crippen molar-refractivity contribution in [2.45, 2.75) is 13.3 Å². The van der Waals surface area contributed by atoms with Crippen LogP contribution in [0.3, 0.4) is 0 Å². The summed E-state index contributed by atoms with van der Waals surface area (Å²) in [6.45, 7) is 1.39. The molecule has 1 aliphatic heterocycles. The summed E-state index contributed by atoms with van der Waals surface area (Å²) < 4.78 is 0. The molecule has 2 aromatic rings. The lowest BCUT2D eigenvalue weighted by Gasteiger charge is -2.14. The third-order valence-electron chi connectivity index (χ3n) is 3.86. The molecule has 1 heterocycles. The van der Waals surface area contributed by atoms with Gasteiger partial charge in [0, 0.05) is 18.2 Å². The fraction of sp³-hybridized carbons (Fsp3) is 0.105. The van der Waals surface area contributed by atoms with Crippen molar-refractivity contribution >= 4 is 35.2 Å². The standard InChI is InChI=1S/C19H16N2O5/c1-11(22)20-14-3-5-15(6-4-14)21-18(25)10-13(19(21)26)8-12-2-7-16(23)17(24)9-12/h2-9,23-24H,10H2,1H3,(H,20,22). The van der Waals surface area contributed by atoms with E-state index in [0.29, 0.717) is 16.9 Å². The van der Waals surface area contributed by atoms with E-state index in [0.717, 1.165) is 4.90 Å². The Bertz CT molecular complexity index is 931. The second kappa shape index (κ2) is 6.72. The molecular formula is C19H16N2O5. The molecule has 132 valence electrons. The van der Waals surface area contributed by atoms with Crippen LogP contribution in [-0.4, -0.2) is 27.9 Å². The Balaban J connectivity index is 1.85. The third kappa shape index (κ3) is 3.41. The van der Waals surface area contributed by atoms with Gasteiger partial charge in [0.05, 0.1) is 12.1 Å². The number of nitrogens with zero attached hydrogens (tertiary/aromatic N) is 1. The number of anilines is 2. The largest absolute Gasteiger partial charge is 0.504 e. The van der Waals surface area contributed by atoms with Gasteiger partial charge in [-0.15, -0.1) is 0 Å². The van der Waals surface area contributed by atoms with E-state index < -0.39 is 5.91 Å². The summed E-state index contributed by atoms with van der Waals surface area (Å²) in [4.78, 5) is 37.0. The molecule has 0 atom stereocenters. The topological polar surface area (TPSA) is 107 Å². The Morgan fingerprint density at radius 1 is 1.08 bits per heavy atom. The van der Waals surface area contributed by atoms with Crippen LogP contribution < -0.4 is 10.2 Å². The van der Waals surface area contributed by atoms with Crippen molar-refractivity contribution in [1.29, 1.82) is 0 Å². The van der Waals surface area contributed by atoms with E-state index in [1.54, 1.807) is 24.3 Å². The number of rotatable bonds is 3.